The summed E-state index contributed by atoms with van der Waals surface area (Å²) in [7, 11) is 0. The maximum atomic E-state index is 11.4. The third-order valence-electron chi connectivity index (χ3n) is 2.05. The molecule has 0 aliphatic carbocycles. The molecule has 0 atom stereocenters. The monoisotopic (exact) mass is 224 g/mol. The van der Waals surface area contributed by atoms with Gasteiger partial charge in [-0.05, 0) is 0 Å². The fourth-order valence-electron chi connectivity index (χ4n) is 1.17. The molecule has 0 fully saturated rings. The van der Waals surface area contributed by atoms with E-state index < -0.39 is 5.97 Å². The van der Waals surface area contributed by atoms with E-state index in [0.29, 0.717) is 0 Å². The molecule has 0 spiro atoms. The van der Waals surface area contributed by atoms with Gasteiger partial charge in [0.05, 0.1) is 28.4 Å². The molecule has 0 saturated heterocycles. The number of rotatable bonds is 2. The highest BCUT2D eigenvalue weighted by molar-refractivity contribution is 6.10. The van der Waals surface area contributed by atoms with Crippen LogP contribution in [-0.2, 0) is 4.84 Å². The fraction of sp³-hybridized carbons (Fsp3) is 0. The van der Waals surface area contributed by atoms with Crippen LogP contribution in [0.15, 0.2) is 5.16 Å². The molecule has 8 heteroatoms. The van der Waals surface area contributed by atoms with Crippen LogP contribution in [0.4, 0.5) is 28.4 Å². The zero-order chi connectivity index (χ0) is 12.5. The lowest BCUT2D eigenvalue weighted by Crippen LogP contribution is -2.15. The minimum absolute atomic E-state index is 0.0253. The standard InChI is InChI=1S/C8H12N6O2/c1-14-16-8(15)2-3(9)5(11)7(13)6(12)4(2)10/h1,9-13H2. The van der Waals surface area contributed by atoms with Gasteiger partial charge in [-0.25, -0.2) is 4.79 Å². The van der Waals surface area contributed by atoms with Gasteiger partial charge in [0.1, 0.15) is 5.56 Å². The molecule has 0 amide bonds. The SMILES string of the molecule is C=NOC(=O)c1c(N)c(N)c(N)c(N)c1N. The van der Waals surface area contributed by atoms with E-state index in [1.165, 1.54) is 0 Å². The summed E-state index contributed by atoms with van der Waals surface area (Å²) in [6.07, 6.45) is 0. The van der Waals surface area contributed by atoms with Crippen molar-refractivity contribution in [3.05, 3.63) is 5.56 Å². The van der Waals surface area contributed by atoms with Crippen LogP contribution >= 0.6 is 0 Å². The molecule has 0 saturated carbocycles. The van der Waals surface area contributed by atoms with Crippen molar-refractivity contribution >= 4 is 41.1 Å². The number of hydrogen-bond acceptors (Lipinski definition) is 8. The van der Waals surface area contributed by atoms with Gasteiger partial charge in [0, 0.05) is 6.72 Å². The number of carbonyl (C=O) groups is 1. The van der Waals surface area contributed by atoms with Gasteiger partial charge >= 0.3 is 5.97 Å². The van der Waals surface area contributed by atoms with Gasteiger partial charge in [0.2, 0.25) is 0 Å². The molecule has 1 aromatic rings. The minimum Gasteiger partial charge on any atom is -0.396 e. The maximum Gasteiger partial charge on any atom is 0.370 e. The van der Waals surface area contributed by atoms with E-state index in [0.717, 1.165) is 0 Å². The summed E-state index contributed by atoms with van der Waals surface area (Å²) in [5, 5.41) is 2.95. The van der Waals surface area contributed by atoms with Crippen LogP contribution in [-0.4, -0.2) is 12.7 Å². The van der Waals surface area contributed by atoms with Crippen molar-refractivity contribution in [3.8, 4) is 0 Å². The Kier molecular flexibility index (Phi) is 2.75. The average Bonchev–Trinajstić information content (AvgIpc) is 2.24. The summed E-state index contributed by atoms with van der Waals surface area (Å²) in [5.74, 6) is -0.900. The predicted octanol–water partition coefficient (Wildman–Crippen LogP) is -0.630. The van der Waals surface area contributed by atoms with Crippen LogP contribution in [0.2, 0.25) is 0 Å². The number of hydrogen-bond donors (Lipinski definition) is 5. The molecule has 0 heterocycles. The van der Waals surface area contributed by atoms with Gasteiger partial charge < -0.3 is 33.5 Å². The van der Waals surface area contributed by atoms with E-state index in [4.69, 9.17) is 28.7 Å². The number of nitrogens with two attached hydrogens (primary N) is 5. The number of benzene rings is 1. The van der Waals surface area contributed by atoms with E-state index in [-0.39, 0.29) is 34.0 Å². The summed E-state index contributed by atoms with van der Waals surface area (Å²) in [4.78, 5) is 15.7. The second kappa shape index (κ2) is 3.85. The zero-order valence-electron chi connectivity index (χ0n) is 8.36. The largest absolute Gasteiger partial charge is 0.396 e. The molecule has 0 aliphatic heterocycles. The van der Waals surface area contributed by atoms with Crippen molar-refractivity contribution in [2.24, 2.45) is 5.16 Å². The van der Waals surface area contributed by atoms with E-state index in [1.807, 2.05) is 0 Å². The number of nitrogens with zero attached hydrogens (tertiary/aromatic N) is 1. The van der Waals surface area contributed by atoms with E-state index >= 15 is 0 Å². The lowest BCUT2D eigenvalue weighted by molar-refractivity contribution is 0.0523. The topological polar surface area (TPSA) is 169 Å². The quantitative estimate of drug-likeness (QED) is 0.193. The van der Waals surface area contributed by atoms with Crippen molar-refractivity contribution in [1.82, 2.24) is 0 Å². The first-order valence-corrected chi connectivity index (χ1v) is 4.10. The summed E-state index contributed by atoms with van der Waals surface area (Å²) in [6, 6.07) is 0. The number of nitrogen functional groups attached to an aromatic ring is 5. The molecule has 16 heavy (non-hydrogen) atoms. The first-order valence-electron chi connectivity index (χ1n) is 4.10. The fourth-order valence-corrected chi connectivity index (χ4v) is 1.17. The Hall–Kier alpha value is -2.64. The summed E-state index contributed by atoms with van der Waals surface area (Å²) in [5.41, 5.74) is 27.4. The Morgan fingerprint density at radius 1 is 0.938 bits per heavy atom. The summed E-state index contributed by atoms with van der Waals surface area (Å²) < 4.78 is 0. The lowest BCUT2D eigenvalue weighted by Gasteiger charge is -2.14. The van der Waals surface area contributed by atoms with Gasteiger partial charge in [-0.2, -0.15) is 0 Å². The first-order chi connectivity index (χ1) is 7.41. The normalized spacial score (nSPS) is 9.75. The number of anilines is 5. The molecule has 0 bridgehead atoms. The molecule has 10 N–H and O–H groups in total. The maximum absolute atomic E-state index is 11.4. The molecular weight excluding hydrogens is 212 g/mol. The van der Waals surface area contributed by atoms with Crippen LogP contribution < -0.4 is 28.7 Å². The van der Waals surface area contributed by atoms with Gasteiger partial charge in [-0.1, -0.05) is 5.16 Å². The van der Waals surface area contributed by atoms with Gasteiger partial charge in [-0.3, -0.25) is 0 Å². The molecule has 0 unspecified atom stereocenters. The van der Waals surface area contributed by atoms with Crippen LogP contribution in [0, 0.1) is 0 Å². The molecule has 1 aromatic carbocycles. The molecule has 86 valence electrons. The van der Waals surface area contributed by atoms with Crippen LogP contribution in [0.1, 0.15) is 10.4 Å². The van der Waals surface area contributed by atoms with E-state index in [9.17, 15) is 4.79 Å². The summed E-state index contributed by atoms with van der Waals surface area (Å²) in [6.45, 7) is 2.99. The molecule has 0 aromatic heterocycles. The molecule has 8 nitrogen and oxygen atoms in total. The molecule has 0 aliphatic rings. The van der Waals surface area contributed by atoms with E-state index in [1.54, 1.807) is 0 Å². The Bertz CT molecular complexity index is 441. The highest BCUT2D eigenvalue weighted by Gasteiger charge is 2.22. The van der Waals surface area contributed by atoms with Gasteiger partial charge in [0.15, 0.2) is 0 Å². The Morgan fingerprint density at radius 2 is 1.31 bits per heavy atom. The van der Waals surface area contributed by atoms with Crippen LogP contribution in [0.25, 0.3) is 0 Å². The van der Waals surface area contributed by atoms with Gasteiger partial charge in [-0.15, -0.1) is 0 Å². The Morgan fingerprint density at radius 3 is 1.69 bits per heavy atom. The Labute approximate surface area is 91.0 Å². The van der Waals surface area contributed by atoms with Crippen LogP contribution in [0.5, 0.6) is 0 Å². The molecule has 1 rings (SSSR count). The third kappa shape index (κ3) is 1.52. The smallest absolute Gasteiger partial charge is 0.370 e. The third-order valence-corrected chi connectivity index (χ3v) is 2.05. The number of carbonyl (C=O) groups excluding carboxylic acids is 1. The Balaban J connectivity index is 3.51. The predicted molar refractivity (Wildman–Crippen MR) is 63.5 cm³/mol. The van der Waals surface area contributed by atoms with Crippen LogP contribution in [0.3, 0.4) is 0 Å². The molecular formula is C8H12N6O2. The van der Waals surface area contributed by atoms with Crippen molar-refractivity contribution in [1.29, 1.82) is 0 Å². The van der Waals surface area contributed by atoms with E-state index in [2.05, 4.69) is 16.7 Å². The average molecular weight is 224 g/mol. The first kappa shape index (κ1) is 11.4. The van der Waals surface area contributed by atoms with Crippen molar-refractivity contribution < 1.29 is 9.63 Å². The highest BCUT2D eigenvalue weighted by atomic mass is 16.7. The van der Waals surface area contributed by atoms with Crippen molar-refractivity contribution in [3.63, 3.8) is 0 Å². The van der Waals surface area contributed by atoms with Crippen molar-refractivity contribution in [2.75, 3.05) is 28.7 Å². The minimum atomic E-state index is -0.900. The second-order valence-electron chi connectivity index (χ2n) is 2.95. The van der Waals surface area contributed by atoms with Gasteiger partial charge in [0.25, 0.3) is 0 Å². The summed E-state index contributed by atoms with van der Waals surface area (Å²) >= 11 is 0. The lowest BCUT2D eigenvalue weighted by atomic mass is 10.1. The van der Waals surface area contributed by atoms with Crippen molar-refractivity contribution in [2.45, 2.75) is 0 Å². The second-order valence-corrected chi connectivity index (χ2v) is 2.95. The highest BCUT2D eigenvalue weighted by Crippen LogP contribution is 2.38. The number of oxime groups is 1. The molecule has 0 radical (unpaired) electrons. The zero-order valence-corrected chi connectivity index (χ0v) is 8.36.